The molecule has 0 spiro atoms. The molecule has 1 saturated heterocycles. The van der Waals surface area contributed by atoms with Crippen LogP contribution in [0.15, 0.2) is 40.2 Å². The smallest absolute Gasteiger partial charge is 0.320 e. The molecule has 1 aromatic carbocycles. The summed E-state index contributed by atoms with van der Waals surface area (Å²) in [6, 6.07) is 3.05. The number of aromatic nitrogens is 2. The Balaban J connectivity index is 1.92. The zero-order chi connectivity index (χ0) is 16.4. The normalized spacial score (nSPS) is 18.1. The van der Waals surface area contributed by atoms with Crippen LogP contribution in [0.3, 0.4) is 0 Å². The highest BCUT2D eigenvalue weighted by molar-refractivity contribution is 5.32. The SMILES string of the molecule is O=c1c(=O)n(-c2ccc(F)c(F)c2)ccn1CC1CCCOC1. The molecule has 122 valence electrons. The van der Waals surface area contributed by atoms with E-state index in [4.69, 9.17) is 4.74 Å². The fourth-order valence-electron chi connectivity index (χ4n) is 2.72. The van der Waals surface area contributed by atoms with E-state index >= 15 is 0 Å². The maximum atomic E-state index is 13.3. The summed E-state index contributed by atoms with van der Waals surface area (Å²) in [6.07, 6.45) is 4.75. The van der Waals surface area contributed by atoms with Crippen molar-refractivity contribution in [2.45, 2.75) is 19.4 Å². The van der Waals surface area contributed by atoms with E-state index in [1.165, 1.54) is 23.0 Å². The fourth-order valence-corrected chi connectivity index (χ4v) is 2.72. The fraction of sp³-hybridized carbons (Fsp3) is 0.375. The monoisotopic (exact) mass is 322 g/mol. The van der Waals surface area contributed by atoms with E-state index in [0.717, 1.165) is 36.1 Å². The van der Waals surface area contributed by atoms with E-state index in [1.54, 1.807) is 0 Å². The third kappa shape index (κ3) is 3.24. The summed E-state index contributed by atoms with van der Waals surface area (Å²) in [6.45, 7) is 1.70. The van der Waals surface area contributed by atoms with Crippen LogP contribution in [0.2, 0.25) is 0 Å². The van der Waals surface area contributed by atoms with Gasteiger partial charge < -0.3 is 9.30 Å². The van der Waals surface area contributed by atoms with Crippen LogP contribution in [0.1, 0.15) is 12.8 Å². The zero-order valence-electron chi connectivity index (χ0n) is 12.4. The molecule has 1 fully saturated rings. The molecular weight excluding hydrogens is 306 g/mol. The van der Waals surface area contributed by atoms with Crippen molar-refractivity contribution in [3.63, 3.8) is 0 Å². The van der Waals surface area contributed by atoms with Crippen molar-refractivity contribution in [3.8, 4) is 5.69 Å². The molecule has 0 amide bonds. The molecule has 1 aliphatic heterocycles. The molecule has 0 aliphatic carbocycles. The van der Waals surface area contributed by atoms with Crippen LogP contribution in [-0.4, -0.2) is 22.3 Å². The standard InChI is InChI=1S/C16H16F2N2O3/c17-13-4-3-12(8-14(13)18)20-6-5-19(15(21)16(20)22)9-11-2-1-7-23-10-11/h3-6,8,11H,1-2,7,9-10H2. The zero-order valence-corrected chi connectivity index (χ0v) is 12.4. The Morgan fingerprint density at radius 3 is 2.65 bits per heavy atom. The lowest BCUT2D eigenvalue weighted by molar-refractivity contribution is 0.0479. The van der Waals surface area contributed by atoms with Crippen LogP contribution < -0.4 is 11.1 Å². The molecule has 3 rings (SSSR count). The molecule has 0 bridgehead atoms. The summed E-state index contributed by atoms with van der Waals surface area (Å²) < 4.78 is 34.0. The predicted octanol–water partition coefficient (Wildman–Crippen LogP) is 1.70. The second-order valence-corrected chi connectivity index (χ2v) is 5.61. The molecule has 2 heterocycles. The minimum atomic E-state index is -1.07. The van der Waals surface area contributed by atoms with Crippen LogP contribution >= 0.6 is 0 Å². The number of halogens is 2. The first-order valence-electron chi connectivity index (χ1n) is 7.41. The summed E-state index contributed by atoms with van der Waals surface area (Å²) in [5.74, 6) is -1.88. The van der Waals surface area contributed by atoms with E-state index in [9.17, 15) is 18.4 Å². The lowest BCUT2D eigenvalue weighted by atomic mass is 10.0. The Morgan fingerprint density at radius 2 is 1.96 bits per heavy atom. The van der Waals surface area contributed by atoms with Crippen molar-refractivity contribution in [1.82, 2.24) is 9.13 Å². The van der Waals surface area contributed by atoms with Gasteiger partial charge >= 0.3 is 11.1 Å². The molecule has 1 atom stereocenters. The van der Waals surface area contributed by atoms with E-state index in [1.807, 2.05) is 0 Å². The summed E-state index contributed by atoms with van der Waals surface area (Å²) >= 11 is 0. The van der Waals surface area contributed by atoms with E-state index in [-0.39, 0.29) is 11.6 Å². The lowest BCUT2D eigenvalue weighted by Crippen LogP contribution is -2.41. The highest BCUT2D eigenvalue weighted by atomic mass is 19.2. The summed E-state index contributed by atoms with van der Waals surface area (Å²) in [4.78, 5) is 24.4. The van der Waals surface area contributed by atoms with Gasteiger partial charge in [0.05, 0.1) is 12.3 Å². The van der Waals surface area contributed by atoms with E-state index in [2.05, 4.69) is 0 Å². The molecule has 0 N–H and O–H groups in total. The van der Waals surface area contributed by atoms with Gasteiger partial charge in [-0.2, -0.15) is 0 Å². The Morgan fingerprint density at radius 1 is 1.13 bits per heavy atom. The largest absolute Gasteiger partial charge is 0.381 e. The first-order valence-corrected chi connectivity index (χ1v) is 7.41. The van der Waals surface area contributed by atoms with Crippen LogP contribution in [-0.2, 0) is 11.3 Å². The average Bonchev–Trinajstić information content (AvgIpc) is 2.56. The van der Waals surface area contributed by atoms with Crippen molar-refractivity contribution in [3.05, 3.63) is 62.9 Å². The minimum Gasteiger partial charge on any atom is -0.381 e. The summed E-state index contributed by atoms with van der Waals surface area (Å²) in [5, 5.41) is 0. The highest BCUT2D eigenvalue weighted by Gasteiger charge is 2.16. The molecule has 5 nitrogen and oxygen atoms in total. The maximum Gasteiger partial charge on any atom is 0.320 e. The van der Waals surface area contributed by atoms with E-state index in [0.29, 0.717) is 13.2 Å². The maximum absolute atomic E-state index is 13.3. The quantitative estimate of drug-likeness (QED) is 0.808. The summed E-state index contributed by atoms with van der Waals surface area (Å²) in [7, 11) is 0. The minimum absolute atomic E-state index is 0.110. The number of benzene rings is 1. The molecule has 1 unspecified atom stereocenters. The van der Waals surface area contributed by atoms with Crippen LogP contribution in [0.5, 0.6) is 0 Å². The molecule has 1 aromatic heterocycles. The Labute approximate surface area is 130 Å². The third-order valence-corrected chi connectivity index (χ3v) is 3.95. The van der Waals surface area contributed by atoms with Gasteiger partial charge in [0.2, 0.25) is 0 Å². The van der Waals surface area contributed by atoms with Crippen molar-refractivity contribution in [2.24, 2.45) is 5.92 Å². The average molecular weight is 322 g/mol. The Hall–Kier alpha value is -2.28. The first-order chi connectivity index (χ1) is 11.1. The number of rotatable bonds is 3. The van der Waals surface area contributed by atoms with Gasteiger partial charge in [0.25, 0.3) is 0 Å². The lowest BCUT2D eigenvalue weighted by Gasteiger charge is -2.22. The Bertz CT molecular complexity index is 823. The molecule has 23 heavy (non-hydrogen) atoms. The topological polar surface area (TPSA) is 53.2 Å². The molecule has 2 aromatic rings. The number of nitrogens with zero attached hydrogens (tertiary/aromatic N) is 2. The van der Waals surface area contributed by atoms with Gasteiger partial charge in [-0.25, -0.2) is 8.78 Å². The van der Waals surface area contributed by atoms with Gasteiger partial charge in [0, 0.05) is 37.5 Å². The van der Waals surface area contributed by atoms with Gasteiger partial charge in [-0.3, -0.25) is 14.2 Å². The number of ether oxygens (including phenoxy) is 1. The van der Waals surface area contributed by atoms with Gasteiger partial charge in [0.15, 0.2) is 11.6 Å². The first kappa shape index (κ1) is 15.6. The number of hydrogen-bond donors (Lipinski definition) is 0. The van der Waals surface area contributed by atoms with Crippen LogP contribution in [0.4, 0.5) is 8.78 Å². The molecule has 1 aliphatic rings. The van der Waals surface area contributed by atoms with E-state index < -0.39 is 22.8 Å². The van der Waals surface area contributed by atoms with Gasteiger partial charge in [-0.05, 0) is 25.0 Å². The molecule has 0 radical (unpaired) electrons. The molecular formula is C16H16F2N2O3. The van der Waals surface area contributed by atoms with Gasteiger partial charge in [0.1, 0.15) is 0 Å². The van der Waals surface area contributed by atoms with Gasteiger partial charge in [-0.1, -0.05) is 0 Å². The van der Waals surface area contributed by atoms with Crippen molar-refractivity contribution >= 4 is 0 Å². The summed E-state index contributed by atoms with van der Waals surface area (Å²) in [5.41, 5.74) is -1.38. The molecule has 7 heteroatoms. The second kappa shape index (κ2) is 6.45. The van der Waals surface area contributed by atoms with Crippen LogP contribution in [0.25, 0.3) is 5.69 Å². The second-order valence-electron chi connectivity index (χ2n) is 5.61. The predicted molar refractivity (Wildman–Crippen MR) is 79.8 cm³/mol. The van der Waals surface area contributed by atoms with Gasteiger partial charge in [-0.15, -0.1) is 0 Å². The number of hydrogen-bond acceptors (Lipinski definition) is 3. The van der Waals surface area contributed by atoms with Crippen LogP contribution in [0, 0.1) is 17.6 Å². The van der Waals surface area contributed by atoms with Crippen molar-refractivity contribution in [2.75, 3.05) is 13.2 Å². The third-order valence-electron chi connectivity index (χ3n) is 3.95. The van der Waals surface area contributed by atoms with Crippen molar-refractivity contribution < 1.29 is 13.5 Å². The molecule has 0 saturated carbocycles. The van der Waals surface area contributed by atoms with Crippen molar-refractivity contribution in [1.29, 1.82) is 0 Å². The highest BCUT2D eigenvalue weighted by Crippen LogP contribution is 2.15. The Kier molecular flexibility index (Phi) is 4.38.